The van der Waals surface area contributed by atoms with Crippen LogP contribution in [0.1, 0.15) is 12.5 Å². The first kappa shape index (κ1) is 18.7. The molecule has 0 aliphatic rings. The van der Waals surface area contributed by atoms with Gasteiger partial charge in [0.15, 0.2) is 0 Å². The number of aliphatic carboxylic acids is 1. The van der Waals surface area contributed by atoms with E-state index in [-0.39, 0.29) is 11.4 Å². The van der Waals surface area contributed by atoms with E-state index in [9.17, 15) is 18.3 Å². The van der Waals surface area contributed by atoms with Crippen molar-refractivity contribution in [1.29, 1.82) is 0 Å². The number of halogens is 2. The fourth-order valence-electron chi connectivity index (χ4n) is 2.09. The van der Waals surface area contributed by atoms with E-state index >= 15 is 0 Å². The summed E-state index contributed by atoms with van der Waals surface area (Å²) in [4.78, 5) is 11.4. The molecule has 1 N–H and O–H groups in total. The third-order valence-electron chi connectivity index (χ3n) is 3.49. The summed E-state index contributed by atoms with van der Waals surface area (Å²) in [5.41, 5.74) is 0.518. The molecule has 2 rings (SSSR count). The van der Waals surface area contributed by atoms with Crippen LogP contribution in [0.5, 0.6) is 0 Å². The van der Waals surface area contributed by atoms with E-state index < -0.39 is 22.0 Å². The highest BCUT2D eigenvalue weighted by molar-refractivity contribution is 7.89. The molecule has 1 unspecified atom stereocenters. The van der Waals surface area contributed by atoms with E-state index in [2.05, 4.69) is 0 Å². The minimum absolute atomic E-state index is 0.0351. The summed E-state index contributed by atoms with van der Waals surface area (Å²) in [7, 11) is -4.04. The van der Waals surface area contributed by atoms with Crippen LogP contribution in [0, 0.1) is 0 Å². The zero-order valence-electron chi connectivity index (χ0n) is 12.7. The molecule has 128 valence electrons. The van der Waals surface area contributed by atoms with Crippen molar-refractivity contribution in [2.24, 2.45) is 0 Å². The van der Waals surface area contributed by atoms with Gasteiger partial charge >= 0.3 is 5.97 Å². The molecule has 0 aromatic heterocycles. The van der Waals surface area contributed by atoms with Crippen LogP contribution in [-0.2, 0) is 21.4 Å². The fraction of sp³-hybridized carbons (Fsp3) is 0.188. The van der Waals surface area contributed by atoms with Crippen LogP contribution in [-0.4, -0.2) is 29.8 Å². The standard InChI is InChI=1S/C16H15Cl2NO4S/c1-11(16(20)21)19(10-12-4-2-3-5-15(12)18)24(22,23)14-8-6-13(17)7-9-14/h2-9,11H,10H2,1H3,(H,20,21). The summed E-state index contributed by atoms with van der Waals surface area (Å²) in [5, 5.41) is 10.0. The Morgan fingerprint density at radius 2 is 1.71 bits per heavy atom. The van der Waals surface area contributed by atoms with Crippen LogP contribution < -0.4 is 0 Å². The van der Waals surface area contributed by atoms with Crippen LogP contribution in [0.2, 0.25) is 10.0 Å². The normalized spacial score (nSPS) is 13.0. The van der Waals surface area contributed by atoms with Crippen LogP contribution in [0.3, 0.4) is 0 Å². The quantitative estimate of drug-likeness (QED) is 0.820. The lowest BCUT2D eigenvalue weighted by molar-refractivity contribution is -0.141. The monoisotopic (exact) mass is 387 g/mol. The van der Waals surface area contributed by atoms with Gasteiger partial charge in [0.2, 0.25) is 10.0 Å². The highest BCUT2D eigenvalue weighted by Crippen LogP contribution is 2.25. The molecule has 2 aromatic carbocycles. The SMILES string of the molecule is CC(C(=O)O)N(Cc1ccccc1Cl)S(=O)(=O)c1ccc(Cl)cc1. The van der Waals surface area contributed by atoms with E-state index in [0.717, 1.165) is 4.31 Å². The number of hydrogen-bond donors (Lipinski definition) is 1. The first-order valence-electron chi connectivity index (χ1n) is 6.97. The summed E-state index contributed by atoms with van der Waals surface area (Å²) < 4.78 is 26.7. The minimum atomic E-state index is -4.04. The Hall–Kier alpha value is -1.60. The molecule has 0 aliphatic carbocycles. The number of rotatable bonds is 6. The van der Waals surface area contributed by atoms with Gasteiger partial charge in [-0.3, -0.25) is 4.79 Å². The zero-order valence-corrected chi connectivity index (χ0v) is 15.0. The summed E-state index contributed by atoms with van der Waals surface area (Å²) in [6, 6.07) is 11.0. The number of carboxylic acids is 1. The van der Waals surface area contributed by atoms with E-state index in [4.69, 9.17) is 23.2 Å². The predicted molar refractivity (Wildman–Crippen MR) is 92.7 cm³/mol. The summed E-state index contributed by atoms with van der Waals surface area (Å²) in [6.45, 7) is 1.16. The third-order valence-corrected chi connectivity index (χ3v) is 6.04. The Labute approximate surface area is 150 Å². The lowest BCUT2D eigenvalue weighted by atomic mass is 10.2. The molecular weight excluding hydrogens is 373 g/mol. The molecule has 0 bridgehead atoms. The van der Waals surface area contributed by atoms with Gasteiger partial charge in [-0.25, -0.2) is 8.42 Å². The number of carbonyl (C=O) groups is 1. The average Bonchev–Trinajstić information content (AvgIpc) is 2.53. The fourth-order valence-corrected chi connectivity index (χ4v) is 3.98. The largest absolute Gasteiger partial charge is 0.480 e. The molecule has 0 saturated carbocycles. The maximum absolute atomic E-state index is 12.9. The van der Waals surface area contributed by atoms with Crippen LogP contribution in [0.15, 0.2) is 53.4 Å². The van der Waals surface area contributed by atoms with Gasteiger partial charge < -0.3 is 5.11 Å². The number of sulfonamides is 1. The summed E-state index contributed by atoms with van der Waals surface area (Å²) >= 11 is 11.9. The molecule has 0 heterocycles. The Balaban J connectivity index is 2.48. The van der Waals surface area contributed by atoms with E-state index in [0.29, 0.717) is 15.6 Å². The molecule has 0 aliphatic heterocycles. The van der Waals surface area contributed by atoms with Gasteiger partial charge in [-0.15, -0.1) is 0 Å². The minimum Gasteiger partial charge on any atom is -0.480 e. The Bertz CT molecular complexity index is 837. The van der Waals surface area contributed by atoms with Crippen molar-refractivity contribution >= 4 is 39.2 Å². The van der Waals surface area contributed by atoms with Gasteiger partial charge in [-0.2, -0.15) is 4.31 Å². The van der Waals surface area contributed by atoms with E-state index in [1.54, 1.807) is 24.3 Å². The maximum atomic E-state index is 12.9. The lowest BCUT2D eigenvalue weighted by Crippen LogP contribution is -2.42. The third kappa shape index (κ3) is 4.08. The van der Waals surface area contributed by atoms with Gasteiger partial charge in [0.1, 0.15) is 6.04 Å². The Morgan fingerprint density at radius 1 is 1.12 bits per heavy atom. The van der Waals surface area contributed by atoms with Crippen molar-refractivity contribution in [3.63, 3.8) is 0 Å². The Kier molecular flexibility index (Phi) is 5.87. The molecule has 0 saturated heterocycles. The molecule has 2 aromatic rings. The summed E-state index contributed by atoms with van der Waals surface area (Å²) in [5.74, 6) is -1.25. The molecule has 24 heavy (non-hydrogen) atoms. The second kappa shape index (κ2) is 7.53. The van der Waals surface area contributed by atoms with Gasteiger partial charge in [0.25, 0.3) is 0 Å². The molecule has 0 spiro atoms. The number of benzene rings is 2. The van der Waals surface area contributed by atoms with Crippen molar-refractivity contribution in [2.45, 2.75) is 24.4 Å². The van der Waals surface area contributed by atoms with Crippen LogP contribution in [0.25, 0.3) is 0 Å². The summed E-state index contributed by atoms with van der Waals surface area (Å²) in [6.07, 6.45) is 0. The van der Waals surface area contributed by atoms with Gasteiger partial charge in [0, 0.05) is 16.6 Å². The lowest BCUT2D eigenvalue weighted by Gasteiger charge is -2.26. The van der Waals surface area contributed by atoms with Crippen molar-refractivity contribution in [3.8, 4) is 0 Å². The number of carboxylic acid groups (broad SMARTS) is 1. The maximum Gasteiger partial charge on any atom is 0.321 e. The molecule has 0 fully saturated rings. The number of hydrogen-bond acceptors (Lipinski definition) is 3. The Morgan fingerprint density at radius 3 is 2.25 bits per heavy atom. The van der Waals surface area contributed by atoms with E-state index in [1.165, 1.54) is 31.2 Å². The smallest absolute Gasteiger partial charge is 0.321 e. The van der Waals surface area contributed by atoms with Crippen molar-refractivity contribution in [3.05, 3.63) is 64.1 Å². The molecule has 8 heteroatoms. The van der Waals surface area contributed by atoms with E-state index in [1.807, 2.05) is 0 Å². The molecule has 0 radical (unpaired) electrons. The van der Waals surface area contributed by atoms with Crippen LogP contribution >= 0.6 is 23.2 Å². The van der Waals surface area contributed by atoms with Crippen LogP contribution in [0.4, 0.5) is 0 Å². The van der Waals surface area contributed by atoms with Gasteiger partial charge in [0.05, 0.1) is 4.90 Å². The second-order valence-corrected chi connectivity index (χ2v) is 7.84. The van der Waals surface area contributed by atoms with Gasteiger partial charge in [-0.05, 0) is 42.8 Å². The number of nitrogens with zero attached hydrogens (tertiary/aromatic N) is 1. The van der Waals surface area contributed by atoms with Gasteiger partial charge in [-0.1, -0.05) is 41.4 Å². The molecular formula is C16H15Cl2NO4S. The first-order chi connectivity index (χ1) is 11.2. The predicted octanol–water partition coefficient (Wildman–Crippen LogP) is 3.66. The highest BCUT2D eigenvalue weighted by Gasteiger charge is 2.33. The first-order valence-corrected chi connectivity index (χ1v) is 9.16. The van der Waals surface area contributed by atoms with Crippen molar-refractivity contribution in [1.82, 2.24) is 4.31 Å². The van der Waals surface area contributed by atoms with Crippen molar-refractivity contribution in [2.75, 3.05) is 0 Å². The van der Waals surface area contributed by atoms with Crippen molar-refractivity contribution < 1.29 is 18.3 Å². The topological polar surface area (TPSA) is 74.7 Å². The highest BCUT2D eigenvalue weighted by atomic mass is 35.5. The molecule has 1 atom stereocenters. The average molecular weight is 388 g/mol. The second-order valence-electron chi connectivity index (χ2n) is 5.11. The zero-order chi connectivity index (χ0) is 17.9. The molecule has 5 nitrogen and oxygen atoms in total. The molecule has 0 amide bonds.